The SMILES string of the molecule is CCOC(=O)CCN(CCC#N)C(=O)C(CC)CC. The number of hydrogen-bond acceptors (Lipinski definition) is 4. The molecule has 5 nitrogen and oxygen atoms in total. The lowest BCUT2D eigenvalue weighted by molar-refractivity contribution is -0.144. The van der Waals surface area contributed by atoms with E-state index in [0.29, 0.717) is 19.7 Å². The molecule has 0 aliphatic carbocycles. The average molecular weight is 268 g/mol. The van der Waals surface area contributed by atoms with E-state index in [-0.39, 0.29) is 30.6 Å². The number of amides is 1. The summed E-state index contributed by atoms with van der Waals surface area (Å²) in [7, 11) is 0. The Hall–Kier alpha value is -1.57. The number of ether oxygens (including phenoxy) is 1. The number of hydrogen-bond donors (Lipinski definition) is 0. The molecular weight excluding hydrogens is 244 g/mol. The second-order valence-corrected chi connectivity index (χ2v) is 4.30. The molecule has 0 unspecified atom stereocenters. The molecular formula is C14H24N2O3. The zero-order valence-corrected chi connectivity index (χ0v) is 12.1. The maximum absolute atomic E-state index is 12.2. The van der Waals surface area contributed by atoms with Gasteiger partial charge in [0.25, 0.3) is 0 Å². The highest BCUT2D eigenvalue weighted by Gasteiger charge is 2.21. The molecule has 0 aliphatic rings. The molecule has 0 N–H and O–H groups in total. The first-order chi connectivity index (χ1) is 9.10. The minimum Gasteiger partial charge on any atom is -0.466 e. The van der Waals surface area contributed by atoms with Crippen LogP contribution in [0.1, 0.15) is 46.5 Å². The summed E-state index contributed by atoms with van der Waals surface area (Å²) in [5, 5.41) is 8.63. The largest absolute Gasteiger partial charge is 0.466 e. The van der Waals surface area contributed by atoms with E-state index in [1.807, 2.05) is 19.9 Å². The van der Waals surface area contributed by atoms with Crippen LogP contribution >= 0.6 is 0 Å². The highest BCUT2D eigenvalue weighted by Crippen LogP contribution is 2.13. The maximum Gasteiger partial charge on any atom is 0.307 e. The van der Waals surface area contributed by atoms with Gasteiger partial charge in [0.05, 0.1) is 25.5 Å². The van der Waals surface area contributed by atoms with Crippen molar-refractivity contribution in [2.24, 2.45) is 5.92 Å². The van der Waals surface area contributed by atoms with Crippen molar-refractivity contribution in [1.82, 2.24) is 4.90 Å². The van der Waals surface area contributed by atoms with E-state index in [1.165, 1.54) is 0 Å². The Morgan fingerprint density at radius 1 is 1.21 bits per heavy atom. The van der Waals surface area contributed by atoms with Gasteiger partial charge in [0, 0.05) is 19.0 Å². The second kappa shape index (κ2) is 10.4. The van der Waals surface area contributed by atoms with Crippen LogP contribution in [0.4, 0.5) is 0 Å². The highest BCUT2D eigenvalue weighted by atomic mass is 16.5. The van der Waals surface area contributed by atoms with Crippen molar-refractivity contribution < 1.29 is 14.3 Å². The lowest BCUT2D eigenvalue weighted by Gasteiger charge is -2.25. The molecule has 0 aromatic rings. The number of carbonyl (C=O) groups is 2. The zero-order chi connectivity index (χ0) is 14.7. The van der Waals surface area contributed by atoms with Crippen molar-refractivity contribution >= 4 is 11.9 Å². The van der Waals surface area contributed by atoms with Crippen LogP contribution in [0.15, 0.2) is 0 Å². The summed E-state index contributed by atoms with van der Waals surface area (Å²) in [5.74, 6) is -0.299. The molecule has 0 aliphatic heterocycles. The van der Waals surface area contributed by atoms with Crippen LogP contribution in [0.25, 0.3) is 0 Å². The first kappa shape index (κ1) is 17.4. The minimum absolute atomic E-state index is 0.0270. The summed E-state index contributed by atoms with van der Waals surface area (Å²) in [6, 6.07) is 2.03. The van der Waals surface area contributed by atoms with Gasteiger partial charge in [-0.25, -0.2) is 0 Å². The molecule has 0 spiro atoms. The lowest BCUT2D eigenvalue weighted by Crippen LogP contribution is -2.38. The molecule has 19 heavy (non-hydrogen) atoms. The monoisotopic (exact) mass is 268 g/mol. The van der Waals surface area contributed by atoms with Gasteiger partial charge >= 0.3 is 5.97 Å². The van der Waals surface area contributed by atoms with E-state index in [1.54, 1.807) is 11.8 Å². The predicted molar refractivity (Wildman–Crippen MR) is 72.1 cm³/mol. The van der Waals surface area contributed by atoms with E-state index < -0.39 is 0 Å². The van der Waals surface area contributed by atoms with Crippen LogP contribution < -0.4 is 0 Å². The van der Waals surface area contributed by atoms with Crippen molar-refractivity contribution in [1.29, 1.82) is 5.26 Å². The Bertz CT molecular complexity index is 319. The third-order valence-corrected chi connectivity index (χ3v) is 3.03. The van der Waals surface area contributed by atoms with Gasteiger partial charge in [0.15, 0.2) is 0 Å². The van der Waals surface area contributed by atoms with Gasteiger partial charge in [-0.1, -0.05) is 13.8 Å². The van der Waals surface area contributed by atoms with Crippen LogP contribution in [0, 0.1) is 17.2 Å². The topological polar surface area (TPSA) is 70.4 Å². The van der Waals surface area contributed by atoms with Crippen LogP contribution in [-0.2, 0) is 14.3 Å². The molecule has 0 fully saturated rings. The van der Waals surface area contributed by atoms with Crippen LogP contribution in [0.3, 0.4) is 0 Å². The van der Waals surface area contributed by atoms with Gasteiger partial charge in [-0.2, -0.15) is 5.26 Å². The smallest absolute Gasteiger partial charge is 0.307 e. The van der Waals surface area contributed by atoms with E-state index in [4.69, 9.17) is 10.00 Å². The molecule has 108 valence electrons. The van der Waals surface area contributed by atoms with Crippen molar-refractivity contribution in [2.45, 2.75) is 46.5 Å². The first-order valence-electron chi connectivity index (χ1n) is 6.91. The Morgan fingerprint density at radius 3 is 2.32 bits per heavy atom. The molecule has 0 aromatic heterocycles. The second-order valence-electron chi connectivity index (χ2n) is 4.30. The van der Waals surface area contributed by atoms with E-state index in [0.717, 1.165) is 12.8 Å². The van der Waals surface area contributed by atoms with Gasteiger partial charge < -0.3 is 9.64 Å². The van der Waals surface area contributed by atoms with Crippen molar-refractivity contribution in [3.63, 3.8) is 0 Å². The molecule has 0 heterocycles. The Labute approximate surface area is 115 Å². The average Bonchev–Trinajstić information content (AvgIpc) is 2.40. The number of esters is 1. The molecule has 0 saturated carbocycles. The summed E-state index contributed by atoms with van der Waals surface area (Å²) in [4.78, 5) is 25.2. The van der Waals surface area contributed by atoms with Gasteiger partial charge in [-0.3, -0.25) is 9.59 Å². The van der Waals surface area contributed by atoms with E-state index in [2.05, 4.69) is 0 Å². The molecule has 0 atom stereocenters. The fraction of sp³-hybridized carbons (Fsp3) is 0.786. The highest BCUT2D eigenvalue weighted by molar-refractivity contribution is 5.79. The molecule has 1 amide bonds. The number of nitriles is 1. The van der Waals surface area contributed by atoms with Crippen LogP contribution in [0.5, 0.6) is 0 Å². The molecule has 0 saturated heterocycles. The quantitative estimate of drug-likeness (QED) is 0.600. The lowest BCUT2D eigenvalue weighted by atomic mass is 10.0. The molecule has 0 bridgehead atoms. The number of nitrogens with zero attached hydrogens (tertiary/aromatic N) is 2. The number of carbonyl (C=O) groups excluding carboxylic acids is 2. The van der Waals surface area contributed by atoms with Crippen molar-refractivity contribution in [3.8, 4) is 6.07 Å². The van der Waals surface area contributed by atoms with Crippen molar-refractivity contribution in [3.05, 3.63) is 0 Å². The fourth-order valence-electron chi connectivity index (χ4n) is 1.87. The third-order valence-electron chi connectivity index (χ3n) is 3.03. The zero-order valence-electron chi connectivity index (χ0n) is 12.1. The van der Waals surface area contributed by atoms with E-state index in [9.17, 15) is 9.59 Å². The van der Waals surface area contributed by atoms with E-state index >= 15 is 0 Å². The maximum atomic E-state index is 12.2. The molecule has 5 heteroatoms. The van der Waals surface area contributed by atoms with Crippen LogP contribution in [-0.4, -0.2) is 36.5 Å². The molecule has 0 aromatic carbocycles. The third kappa shape index (κ3) is 6.80. The minimum atomic E-state index is -0.304. The summed E-state index contributed by atoms with van der Waals surface area (Å²) in [5.41, 5.74) is 0. The van der Waals surface area contributed by atoms with Gasteiger partial charge in [-0.15, -0.1) is 0 Å². The Balaban J connectivity index is 4.49. The Morgan fingerprint density at radius 2 is 1.84 bits per heavy atom. The van der Waals surface area contributed by atoms with Gasteiger partial charge in [-0.05, 0) is 19.8 Å². The standard InChI is InChI=1S/C14H24N2O3/c1-4-12(5-2)14(18)16(10-7-9-15)11-8-13(17)19-6-3/h12H,4-8,10-11H2,1-3H3. The summed E-state index contributed by atoms with van der Waals surface area (Å²) < 4.78 is 4.85. The summed E-state index contributed by atoms with van der Waals surface area (Å²) in [6.45, 7) is 6.75. The van der Waals surface area contributed by atoms with Gasteiger partial charge in [0.2, 0.25) is 5.91 Å². The Kier molecular flexibility index (Phi) is 9.51. The van der Waals surface area contributed by atoms with Gasteiger partial charge in [0.1, 0.15) is 0 Å². The summed E-state index contributed by atoms with van der Waals surface area (Å²) in [6.07, 6.45) is 2.02. The molecule has 0 radical (unpaired) electrons. The van der Waals surface area contributed by atoms with Crippen molar-refractivity contribution in [2.75, 3.05) is 19.7 Å². The number of rotatable bonds is 9. The normalized spacial score (nSPS) is 10.1. The first-order valence-corrected chi connectivity index (χ1v) is 6.91. The fourth-order valence-corrected chi connectivity index (χ4v) is 1.87. The predicted octanol–water partition coefficient (Wildman–Crippen LogP) is 2.12. The summed E-state index contributed by atoms with van der Waals surface area (Å²) >= 11 is 0. The molecule has 0 rings (SSSR count). The van der Waals surface area contributed by atoms with Crippen LogP contribution in [0.2, 0.25) is 0 Å².